The van der Waals surface area contributed by atoms with E-state index in [0.29, 0.717) is 19.7 Å². The van der Waals surface area contributed by atoms with E-state index >= 15 is 0 Å². The maximum atomic E-state index is 11.8. The van der Waals surface area contributed by atoms with Gasteiger partial charge in [-0.25, -0.2) is 0 Å². The van der Waals surface area contributed by atoms with Gasteiger partial charge in [0.25, 0.3) is 11.6 Å². The van der Waals surface area contributed by atoms with Crippen LogP contribution in [0.15, 0.2) is 18.2 Å². The topological polar surface area (TPSA) is 114 Å². The van der Waals surface area contributed by atoms with Crippen LogP contribution in [0.2, 0.25) is 0 Å². The van der Waals surface area contributed by atoms with Crippen LogP contribution in [0, 0.1) is 10.1 Å². The van der Waals surface area contributed by atoms with Crippen molar-refractivity contribution in [2.75, 3.05) is 25.0 Å². The second-order valence-electron chi connectivity index (χ2n) is 4.01. The summed E-state index contributed by atoms with van der Waals surface area (Å²) in [5, 5.41) is 25.6. The Bertz CT molecular complexity index is 505. The Labute approximate surface area is 120 Å². The van der Waals surface area contributed by atoms with Gasteiger partial charge in [-0.15, -0.1) is 12.4 Å². The van der Waals surface area contributed by atoms with Crippen molar-refractivity contribution in [2.45, 2.75) is 6.10 Å². The smallest absolute Gasteiger partial charge is 0.271 e. The number of hydrogen-bond donors (Lipinski definition) is 3. The number of carbonyl (C=O) groups excluding carboxylic acids is 1. The number of ether oxygens (including phenoxy) is 1. The minimum atomic E-state index is -0.674. The van der Waals surface area contributed by atoms with Gasteiger partial charge in [-0.2, -0.15) is 0 Å². The van der Waals surface area contributed by atoms with Gasteiger partial charge in [0.05, 0.1) is 17.2 Å². The van der Waals surface area contributed by atoms with E-state index in [4.69, 9.17) is 4.74 Å². The highest BCUT2D eigenvalue weighted by atomic mass is 35.5. The lowest BCUT2D eigenvalue weighted by Crippen LogP contribution is -2.45. The lowest BCUT2D eigenvalue weighted by Gasteiger charge is -2.22. The average Bonchev–Trinajstić information content (AvgIpc) is 2.42. The van der Waals surface area contributed by atoms with Crippen molar-refractivity contribution >= 4 is 29.7 Å². The number of non-ortho nitro benzene ring substituents is 1. The number of halogens is 1. The van der Waals surface area contributed by atoms with Crippen LogP contribution in [0.4, 0.5) is 11.4 Å². The number of anilines is 1. The highest BCUT2D eigenvalue weighted by Crippen LogP contribution is 2.27. The molecule has 1 aromatic carbocycles. The molecule has 1 aromatic rings. The summed E-state index contributed by atoms with van der Waals surface area (Å²) < 4.78 is 5.24. The molecular weight excluding hydrogens is 290 g/mol. The largest absolute Gasteiger partial charge is 0.506 e. The van der Waals surface area contributed by atoms with Crippen LogP contribution in [-0.4, -0.2) is 41.7 Å². The fraction of sp³-hybridized carbons (Fsp3) is 0.364. The molecule has 1 fully saturated rings. The summed E-state index contributed by atoms with van der Waals surface area (Å²) >= 11 is 0. The predicted molar refractivity (Wildman–Crippen MR) is 73.2 cm³/mol. The van der Waals surface area contributed by atoms with E-state index in [-0.39, 0.29) is 29.5 Å². The van der Waals surface area contributed by atoms with E-state index in [2.05, 4.69) is 10.6 Å². The normalized spacial score (nSPS) is 17.9. The van der Waals surface area contributed by atoms with Crippen molar-refractivity contribution in [1.29, 1.82) is 0 Å². The van der Waals surface area contributed by atoms with Crippen LogP contribution in [0.25, 0.3) is 0 Å². The molecule has 8 nitrogen and oxygen atoms in total. The summed E-state index contributed by atoms with van der Waals surface area (Å²) in [5.41, 5.74) is -0.218. The van der Waals surface area contributed by atoms with Crippen molar-refractivity contribution in [3.63, 3.8) is 0 Å². The first-order valence-corrected chi connectivity index (χ1v) is 5.68. The zero-order valence-electron chi connectivity index (χ0n) is 10.4. The predicted octanol–water partition coefficient (Wildman–Crippen LogP) is 0.649. The van der Waals surface area contributed by atoms with Gasteiger partial charge in [0, 0.05) is 25.2 Å². The van der Waals surface area contributed by atoms with Gasteiger partial charge in [-0.3, -0.25) is 14.9 Å². The number of phenols is 1. The molecule has 1 atom stereocenters. The van der Waals surface area contributed by atoms with Crippen molar-refractivity contribution < 1.29 is 19.6 Å². The Hall–Kier alpha value is -1.90. The van der Waals surface area contributed by atoms with Gasteiger partial charge in [0.2, 0.25) is 0 Å². The molecule has 110 valence electrons. The zero-order valence-corrected chi connectivity index (χ0v) is 11.2. The summed E-state index contributed by atoms with van der Waals surface area (Å²) in [6.45, 7) is 1.45. The molecule has 2 rings (SSSR count). The van der Waals surface area contributed by atoms with Crippen LogP contribution < -0.4 is 10.6 Å². The SMILES string of the molecule is Cl.O=C(Nc1cc([N+](=O)[O-])ccc1O)C1CNCCO1. The lowest BCUT2D eigenvalue weighted by molar-refractivity contribution is -0.384. The zero-order chi connectivity index (χ0) is 13.8. The molecule has 0 spiro atoms. The molecule has 20 heavy (non-hydrogen) atoms. The fourth-order valence-corrected chi connectivity index (χ4v) is 1.68. The molecule has 1 aliphatic heterocycles. The summed E-state index contributed by atoms with van der Waals surface area (Å²) in [6.07, 6.45) is -0.674. The molecule has 0 bridgehead atoms. The second kappa shape index (κ2) is 7.04. The van der Waals surface area contributed by atoms with Gasteiger partial charge in [-0.05, 0) is 6.07 Å². The van der Waals surface area contributed by atoms with Crippen molar-refractivity contribution in [2.24, 2.45) is 0 Å². The number of phenolic OH excluding ortho intramolecular Hbond substituents is 1. The number of nitro groups is 1. The number of benzene rings is 1. The van der Waals surface area contributed by atoms with Crippen LogP contribution >= 0.6 is 12.4 Å². The molecule has 1 saturated heterocycles. The molecule has 0 saturated carbocycles. The number of nitro benzene ring substituents is 1. The molecule has 0 radical (unpaired) electrons. The standard InChI is InChI=1S/C11H13N3O5.ClH/c15-9-2-1-7(14(17)18)5-8(9)13-11(16)10-6-12-3-4-19-10;/h1-2,5,10,12,15H,3-4,6H2,(H,13,16);1H. The third-order valence-corrected chi connectivity index (χ3v) is 2.67. The van der Waals surface area contributed by atoms with Crippen molar-refractivity contribution in [1.82, 2.24) is 5.32 Å². The summed E-state index contributed by atoms with van der Waals surface area (Å²) in [7, 11) is 0. The second-order valence-corrected chi connectivity index (χ2v) is 4.01. The quantitative estimate of drug-likeness (QED) is 0.429. The van der Waals surface area contributed by atoms with Crippen LogP contribution in [0.3, 0.4) is 0 Å². The molecule has 1 amide bonds. The van der Waals surface area contributed by atoms with Gasteiger partial charge in [0.15, 0.2) is 0 Å². The number of aromatic hydroxyl groups is 1. The maximum absolute atomic E-state index is 11.8. The third-order valence-electron chi connectivity index (χ3n) is 2.67. The van der Waals surface area contributed by atoms with Crippen molar-refractivity contribution in [3.8, 4) is 5.75 Å². The summed E-state index contributed by atoms with van der Waals surface area (Å²) in [6, 6.07) is 3.42. The van der Waals surface area contributed by atoms with E-state index in [0.717, 1.165) is 18.2 Å². The third kappa shape index (κ3) is 3.80. The summed E-state index contributed by atoms with van der Waals surface area (Å²) in [4.78, 5) is 21.9. The Balaban J connectivity index is 0.00000200. The number of nitrogens with zero attached hydrogens (tertiary/aromatic N) is 1. The number of hydrogen-bond acceptors (Lipinski definition) is 6. The Morgan fingerprint density at radius 3 is 2.90 bits per heavy atom. The van der Waals surface area contributed by atoms with Crippen LogP contribution in [0.5, 0.6) is 5.75 Å². The number of morpholine rings is 1. The van der Waals surface area contributed by atoms with Gasteiger partial charge >= 0.3 is 0 Å². The maximum Gasteiger partial charge on any atom is 0.271 e. The first kappa shape index (κ1) is 16.2. The van der Waals surface area contributed by atoms with E-state index in [1.165, 1.54) is 0 Å². The number of amides is 1. The highest BCUT2D eigenvalue weighted by Gasteiger charge is 2.23. The molecule has 1 aliphatic rings. The molecule has 9 heteroatoms. The minimum Gasteiger partial charge on any atom is -0.506 e. The molecule has 3 N–H and O–H groups in total. The number of nitrogens with one attached hydrogen (secondary N) is 2. The van der Waals surface area contributed by atoms with E-state index in [1.807, 2.05) is 0 Å². The average molecular weight is 304 g/mol. The summed E-state index contributed by atoms with van der Waals surface area (Å²) in [5.74, 6) is -0.689. The van der Waals surface area contributed by atoms with Crippen LogP contribution in [-0.2, 0) is 9.53 Å². The number of rotatable bonds is 3. The van der Waals surface area contributed by atoms with Crippen molar-refractivity contribution in [3.05, 3.63) is 28.3 Å². The highest BCUT2D eigenvalue weighted by molar-refractivity contribution is 5.96. The molecule has 0 aromatic heterocycles. The molecule has 1 unspecified atom stereocenters. The Morgan fingerprint density at radius 2 is 2.30 bits per heavy atom. The Morgan fingerprint density at radius 1 is 1.55 bits per heavy atom. The first-order chi connectivity index (χ1) is 9.08. The molecular formula is C11H14ClN3O5. The number of carbonyl (C=O) groups is 1. The van der Waals surface area contributed by atoms with E-state index in [1.54, 1.807) is 0 Å². The van der Waals surface area contributed by atoms with Gasteiger partial charge in [-0.1, -0.05) is 0 Å². The minimum absolute atomic E-state index is 0. The first-order valence-electron chi connectivity index (χ1n) is 5.68. The Kier molecular flexibility index (Phi) is 5.68. The monoisotopic (exact) mass is 303 g/mol. The molecule has 0 aliphatic carbocycles. The molecule has 1 heterocycles. The van der Waals surface area contributed by atoms with Gasteiger partial charge < -0.3 is 20.5 Å². The lowest BCUT2D eigenvalue weighted by atomic mass is 10.2. The van der Waals surface area contributed by atoms with E-state index < -0.39 is 16.9 Å². The fourth-order valence-electron chi connectivity index (χ4n) is 1.68. The van der Waals surface area contributed by atoms with Crippen LogP contribution in [0.1, 0.15) is 0 Å². The van der Waals surface area contributed by atoms with Gasteiger partial charge in [0.1, 0.15) is 11.9 Å². The van der Waals surface area contributed by atoms with E-state index in [9.17, 15) is 20.0 Å².